The Bertz CT molecular complexity index is 1230. The highest BCUT2D eigenvalue weighted by Gasteiger charge is 2.26. The van der Waals surface area contributed by atoms with E-state index in [0.717, 1.165) is 30.2 Å². The summed E-state index contributed by atoms with van der Waals surface area (Å²) in [7, 11) is -4.28. The molecule has 1 N–H and O–H groups in total. The number of hydrogen-bond donors (Lipinski definition) is 1. The molecule has 1 fully saturated rings. The van der Waals surface area contributed by atoms with Crippen molar-refractivity contribution in [2.24, 2.45) is 5.92 Å². The molecule has 0 radical (unpaired) electrons. The normalized spacial score (nSPS) is 15.9. The number of alkyl halides is 2. The molecule has 3 aromatic rings. The van der Waals surface area contributed by atoms with E-state index in [1.54, 1.807) is 25.3 Å². The van der Waals surface area contributed by atoms with Gasteiger partial charge in [-0.1, -0.05) is 24.6 Å². The SMILES string of the molecule is Cc1ccc(S(=O)(=O)n2nc(Nc3cncc(C(C)C4CCOCC4)n3)cc2OC(F)F)cc1. The molecule has 1 aliphatic rings. The molecule has 4 rings (SSSR count). The third kappa shape index (κ3) is 5.33. The van der Waals surface area contributed by atoms with Crippen molar-refractivity contribution < 1.29 is 26.7 Å². The Labute approximate surface area is 196 Å². The minimum Gasteiger partial charge on any atom is -0.416 e. The first-order valence-electron chi connectivity index (χ1n) is 10.8. The molecule has 9 nitrogen and oxygen atoms in total. The van der Waals surface area contributed by atoms with Gasteiger partial charge >= 0.3 is 6.61 Å². The Morgan fingerprint density at radius 1 is 1.15 bits per heavy atom. The zero-order chi connectivity index (χ0) is 24.3. The highest BCUT2D eigenvalue weighted by molar-refractivity contribution is 7.90. The highest BCUT2D eigenvalue weighted by Crippen LogP contribution is 2.31. The summed E-state index contributed by atoms with van der Waals surface area (Å²) < 4.78 is 62.4. The van der Waals surface area contributed by atoms with Crippen LogP contribution in [0.4, 0.5) is 20.4 Å². The number of aromatic nitrogens is 4. The summed E-state index contributed by atoms with van der Waals surface area (Å²) >= 11 is 0. The standard InChI is InChI=1S/C22H25F2N5O4S/c1-14-3-5-17(6-4-14)34(30,31)29-21(33-22(23)24)11-19(28-29)27-20-13-25-12-18(26-20)15(2)16-7-9-32-10-8-16/h3-6,11-13,15-16,22H,7-10H2,1-2H3,(H,26,27,28). The minimum atomic E-state index is -4.28. The van der Waals surface area contributed by atoms with Crippen molar-refractivity contribution in [3.63, 3.8) is 0 Å². The van der Waals surface area contributed by atoms with E-state index in [-0.39, 0.29) is 16.6 Å². The number of halogens is 2. The van der Waals surface area contributed by atoms with Crippen LogP contribution in [0.3, 0.4) is 0 Å². The topological polar surface area (TPSA) is 108 Å². The summed E-state index contributed by atoms with van der Waals surface area (Å²) in [4.78, 5) is 8.68. The molecule has 0 saturated carbocycles. The van der Waals surface area contributed by atoms with Gasteiger partial charge in [0.05, 0.1) is 16.8 Å². The Balaban J connectivity index is 1.62. The zero-order valence-electron chi connectivity index (χ0n) is 18.7. The van der Waals surface area contributed by atoms with Gasteiger partial charge < -0.3 is 14.8 Å². The van der Waals surface area contributed by atoms with Gasteiger partial charge in [-0.15, -0.1) is 9.19 Å². The van der Waals surface area contributed by atoms with E-state index in [4.69, 9.17) is 4.74 Å². The van der Waals surface area contributed by atoms with Crippen LogP contribution in [0.2, 0.25) is 0 Å². The summed E-state index contributed by atoms with van der Waals surface area (Å²) in [6.07, 6.45) is 4.98. The average Bonchev–Trinajstić information content (AvgIpc) is 3.21. The predicted octanol–water partition coefficient (Wildman–Crippen LogP) is 4.09. The van der Waals surface area contributed by atoms with Crippen molar-refractivity contribution in [2.75, 3.05) is 18.5 Å². The number of nitrogens with zero attached hydrogens (tertiary/aromatic N) is 4. The number of ether oxygens (including phenoxy) is 2. The Morgan fingerprint density at radius 3 is 2.53 bits per heavy atom. The quantitative estimate of drug-likeness (QED) is 0.500. The molecule has 2 aromatic heterocycles. The summed E-state index contributed by atoms with van der Waals surface area (Å²) in [5, 5.41) is 6.82. The summed E-state index contributed by atoms with van der Waals surface area (Å²) in [6, 6.07) is 7.03. The van der Waals surface area contributed by atoms with E-state index >= 15 is 0 Å². The third-order valence-electron chi connectivity index (χ3n) is 5.75. The second-order valence-corrected chi connectivity index (χ2v) is 9.87. The van der Waals surface area contributed by atoms with Crippen molar-refractivity contribution in [3.05, 3.63) is 54.0 Å². The van der Waals surface area contributed by atoms with Crippen LogP contribution in [0.25, 0.3) is 0 Å². The molecule has 0 spiro atoms. The first-order valence-corrected chi connectivity index (χ1v) is 12.2. The molecule has 12 heteroatoms. The summed E-state index contributed by atoms with van der Waals surface area (Å²) in [5.74, 6) is 0.185. The Morgan fingerprint density at radius 2 is 1.85 bits per heavy atom. The van der Waals surface area contributed by atoms with Gasteiger partial charge in [0.15, 0.2) is 5.82 Å². The number of rotatable bonds is 8. The van der Waals surface area contributed by atoms with Crippen LogP contribution in [0.5, 0.6) is 5.88 Å². The number of aryl methyl sites for hydroxylation is 1. The first-order chi connectivity index (χ1) is 16.2. The molecule has 1 aliphatic heterocycles. The predicted molar refractivity (Wildman–Crippen MR) is 120 cm³/mol. The lowest BCUT2D eigenvalue weighted by Gasteiger charge is -2.27. The zero-order valence-corrected chi connectivity index (χ0v) is 19.5. The van der Waals surface area contributed by atoms with Crippen molar-refractivity contribution in [2.45, 2.75) is 44.1 Å². The molecule has 1 unspecified atom stereocenters. The van der Waals surface area contributed by atoms with Crippen LogP contribution in [0.1, 0.15) is 36.9 Å². The van der Waals surface area contributed by atoms with Crippen LogP contribution in [0, 0.1) is 12.8 Å². The van der Waals surface area contributed by atoms with Gasteiger partial charge in [-0.05, 0) is 37.8 Å². The molecule has 0 bridgehead atoms. The second-order valence-electron chi connectivity index (χ2n) is 8.10. The van der Waals surface area contributed by atoms with Crippen molar-refractivity contribution in [3.8, 4) is 5.88 Å². The van der Waals surface area contributed by atoms with Gasteiger partial charge in [-0.25, -0.2) is 4.98 Å². The summed E-state index contributed by atoms with van der Waals surface area (Å²) in [5.41, 5.74) is 1.60. The lowest BCUT2D eigenvalue weighted by Crippen LogP contribution is -2.21. The first kappa shape index (κ1) is 24.0. The van der Waals surface area contributed by atoms with Gasteiger partial charge in [0.2, 0.25) is 5.88 Å². The van der Waals surface area contributed by atoms with Crippen molar-refractivity contribution in [1.82, 2.24) is 19.2 Å². The molecule has 0 aliphatic carbocycles. The number of hydrogen-bond acceptors (Lipinski definition) is 8. The minimum absolute atomic E-state index is 0.0310. The molecule has 3 heterocycles. The second kappa shape index (κ2) is 10.0. The van der Waals surface area contributed by atoms with Gasteiger partial charge in [0.1, 0.15) is 5.82 Å². The van der Waals surface area contributed by atoms with Gasteiger partial charge in [-0.3, -0.25) is 4.98 Å². The number of nitrogens with one attached hydrogen (secondary N) is 1. The average molecular weight is 494 g/mol. The maximum absolute atomic E-state index is 13.0. The van der Waals surface area contributed by atoms with Crippen molar-refractivity contribution in [1.29, 1.82) is 0 Å². The van der Waals surface area contributed by atoms with Crippen LogP contribution >= 0.6 is 0 Å². The monoisotopic (exact) mass is 493 g/mol. The van der Waals surface area contributed by atoms with E-state index in [9.17, 15) is 17.2 Å². The lowest BCUT2D eigenvalue weighted by atomic mass is 9.85. The lowest BCUT2D eigenvalue weighted by molar-refractivity contribution is -0.0537. The summed E-state index contributed by atoms with van der Waals surface area (Å²) in [6.45, 7) is 2.05. The third-order valence-corrected chi connectivity index (χ3v) is 7.34. The van der Waals surface area contributed by atoms with E-state index in [1.807, 2.05) is 0 Å². The van der Waals surface area contributed by atoms with E-state index in [1.165, 1.54) is 18.3 Å². The van der Waals surface area contributed by atoms with Crippen molar-refractivity contribution >= 4 is 21.7 Å². The molecule has 182 valence electrons. The molecule has 1 aromatic carbocycles. The fourth-order valence-corrected chi connectivity index (χ4v) is 5.02. The maximum Gasteiger partial charge on any atom is 0.388 e. The van der Waals surface area contributed by atoms with Gasteiger partial charge in [0.25, 0.3) is 10.0 Å². The van der Waals surface area contributed by atoms with E-state index in [2.05, 4.69) is 32.0 Å². The Kier molecular flexibility index (Phi) is 7.08. The van der Waals surface area contributed by atoms with E-state index < -0.39 is 22.5 Å². The molecule has 0 amide bonds. The van der Waals surface area contributed by atoms with E-state index in [0.29, 0.717) is 29.0 Å². The number of benzene rings is 1. The molecular formula is C22H25F2N5O4S. The fraction of sp³-hybridized carbons (Fsp3) is 0.409. The van der Waals surface area contributed by atoms with Crippen LogP contribution < -0.4 is 10.1 Å². The van der Waals surface area contributed by atoms with Crippen LogP contribution in [0.15, 0.2) is 47.6 Å². The molecule has 34 heavy (non-hydrogen) atoms. The number of anilines is 2. The smallest absolute Gasteiger partial charge is 0.388 e. The Hall–Kier alpha value is -3.12. The molecule has 1 saturated heterocycles. The van der Waals surface area contributed by atoms with Gasteiger partial charge in [0, 0.05) is 31.4 Å². The van der Waals surface area contributed by atoms with Crippen LogP contribution in [-0.2, 0) is 14.8 Å². The molecular weight excluding hydrogens is 468 g/mol. The molecule has 1 atom stereocenters. The highest BCUT2D eigenvalue weighted by atomic mass is 32.2. The van der Waals surface area contributed by atoms with Crippen LogP contribution in [-0.4, -0.2) is 47.4 Å². The van der Waals surface area contributed by atoms with Gasteiger partial charge in [-0.2, -0.15) is 17.2 Å². The maximum atomic E-state index is 13.0. The largest absolute Gasteiger partial charge is 0.416 e. The fourth-order valence-electron chi connectivity index (χ4n) is 3.81.